The van der Waals surface area contributed by atoms with E-state index in [2.05, 4.69) is 231 Å². The number of hydrogen-bond donors (Lipinski definition) is 0. The number of nitrogens with zero attached hydrogens (tertiary/aromatic N) is 2. The lowest BCUT2D eigenvalue weighted by Crippen LogP contribution is -1.91. The van der Waals surface area contributed by atoms with E-state index in [1.807, 2.05) is 0 Å². The minimum absolute atomic E-state index is 1.23. The lowest BCUT2D eigenvalue weighted by Gasteiger charge is -2.14. The lowest BCUT2D eigenvalue weighted by molar-refractivity contribution is 1.36. The van der Waals surface area contributed by atoms with Crippen molar-refractivity contribution in [2.75, 3.05) is 0 Å². The number of benzene rings is 10. The summed E-state index contributed by atoms with van der Waals surface area (Å²) in [5.41, 5.74) is 25.5. The molecule has 0 fully saturated rings. The van der Waals surface area contributed by atoms with Crippen molar-refractivity contribution in [1.82, 2.24) is 8.80 Å². The highest BCUT2D eigenvalue weighted by atomic mass is 14.9. The Morgan fingerprint density at radius 1 is 0.258 bits per heavy atom. The van der Waals surface area contributed by atoms with Crippen molar-refractivity contribution in [3.63, 3.8) is 0 Å². The van der Waals surface area contributed by atoms with Crippen molar-refractivity contribution < 1.29 is 0 Å². The number of aromatic nitrogens is 2. The zero-order valence-corrected chi connectivity index (χ0v) is 37.4. The summed E-state index contributed by atoms with van der Waals surface area (Å²) >= 11 is 0. The molecule has 4 heterocycles. The molecule has 14 aromatic rings. The number of para-hydroxylation sites is 3. The molecule has 0 saturated carbocycles. The normalized spacial score (nSPS) is 12.2. The molecule has 0 radical (unpaired) electrons. The average molecular weight is 841 g/mol. The minimum atomic E-state index is 1.23. The second kappa shape index (κ2) is 13.7. The summed E-state index contributed by atoms with van der Waals surface area (Å²) < 4.78 is 4.96. The van der Waals surface area contributed by atoms with E-state index < -0.39 is 0 Å². The van der Waals surface area contributed by atoms with Gasteiger partial charge in [-0.15, -0.1) is 0 Å². The Balaban J connectivity index is 0.820. The van der Waals surface area contributed by atoms with Gasteiger partial charge in [0.2, 0.25) is 0 Å². The molecule has 14 rings (SSSR count). The second-order valence-electron chi connectivity index (χ2n) is 18.7. The summed E-state index contributed by atoms with van der Waals surface area (Å²) in [5.74, 6) is 0. The van der Waals surface area contributed by atoms with Crippen LogP contribution in [0, 0.1) is 27.7 Å². The third kappa shape index (κ3) is 5.13. The van der Waals surface area contributed by atoms with Crippen LogP contribution in [0.4, 0.5) is 0 Å². The van der Waals surface area contributed by atoms with Crippen LogP contribution in [0.2, 0.25) is 0 Å². The Labute approximate surface area is 382 Å². The van der Waals surface area contributed by atoms with Crippen LogP contribution in [0.1, 0.15) is 22.3 Å². The number of aryl methyl sites for hydroxylation is 4. The molecule has 310 valence electrons. The Bertz CT molecular complexity index is 4270. The minimum Gasteiger partial charge on any atom is -0.308 e. The van der Waals surface area contributed by atoms with E-state index in [4.69, 9.17) is 0 Å². The molecule has 0 aliphatic carbocycles. The van der Waals surface area contributed by atoms with Gasteiger partial charge in [0.15, 0.2) is 0 Å². The predicted molar refractivity (Wildman–Crippen MR) is 282 cm³/mol. The van der Waals surface area contributed by atoms with Crippen LogP contribution >= 0.6 is 0 Å². The smallest absolute Gasteiger partial charge is 0.0620 e. The SMILES string of the molecule is Cc1cc(-c2ccc3c(c2)c2cccc4c5ccccc5n3c42)c(C)cc1-c1ccc(-c2cccc3c2c2cccc4c5cc(-c6cc(C)c(-c7ccccc7)c(C)c6)ccc5n3c42)cc1. The molecule has 2 nitrogen and oxygen atoms in total. The molecule has 4 aromatic heterocycles. The lowest BCUT2D eigenvalue weighted by atomic mass is 9.90. The molecule has 0 amide bonds. The fraction of sp³-hybridized carbons (Fsp3) is 0.0625. The molecule has 0 saturated heterocycles. The topological polar surface area (TPSA) is 8.82 Å². The van der Waals surface area contributed by atoms with Crippen molar-refractivity contribution in [3.8, 4) is 55.6 Å². The molecule has 0 unspecified atom stereocenters. The van der Waals surface area contributed by atoms with Gasteiger partial charge < -0.3 is 8.80 Å². The average Bonchev–Trinajstić information content (AvgIpc) is 4.08. The van der Waals surface area contributed by atoms with E-state index in [1.165, 1.54) is 154 Å². The standard InChI is InChI=1S/C64H44N2/c1-37-34-54(45-28-30-58-56(36-45)50-18-10-17-49-48-15-8-9-21-57(48)65(58)63(49)50)38(2)33-53(37)42-25-23-41(24-26-42)47-16-12-22-60-62(47)52-20-11-19-51-55-35-44(27-29-59(55)66(60)64(51)52)46-31-39(3)61(40(4)32-46)43-13-6-5-7-14-43/h5-36H,1-4H3. The first-order valence-corrected chi connectivity index (χ1v) is 23.2. The van der Waals surface area contributed by atoms with E-state index >= 15 is 0 Å². The van der Waals surface area contributed by atoms with Crippen molar-refractivity contribution in [2.45, 2.75) is 27.7 Å². The largest absolute Gasteiger partial charge is 0.308 e. The van der Waals surface area contributed by atoms with E-state index in [1.54, 1.807) is 0 Å². The first kappa shape index (κ1) is 37.2. The molecular weight excluding hydrogens is 797 g/mol. The summed E-state index contributed by atoms with van der Waals surface area (Å²) in [4.78, 5) is 0. The highest BCUT2D eigenvalue weighted by molar-refractivity contribution is 6.26. The Morgan fingerprint density at radius 3 is 1.42 bits per heavy atom. The molecule has 0 bridgehead atoms. The molecule has 0 N–H and O–H groups in total. The van der Waals surface area contributed by atoms with Crippen LogP contribution in [0.15, 0.2) is 194 Å². The molecule has 10 aromatic carbocycles. The first-order valence-electron chi connectivity index (χ1n) is 23.2. The highest BCUT2D eigenvalue weighted by Gasteiger charge is 2.22. The third-order valence-corrected chi connectivity index (χ3v) is 14.9. The van der Waals surface area contributed by atoms with E-state index in [-0.39, 0.29) is 0 Å². The molecule has 0 aliphatic heterocycles. The maximum absolute atomic E-state index is 2.50. The fourth-order valence-electron chi connectivity index (χ4n) is 12.0. The van der Waals surface area contributed by atoms with Crippen LogP contribution in [-0.2, 0) is 0 Å². The number of rotatable bonds is 5. The monoisotopic (exact) mass is 840 g/mol. The van der Waals surface area contributed by atoms with Crippen LogP contribution in [0.5, 0.6) is 0 Å². The summed E-state index contributed by atoms with van der Waals surface area (Å²) in [6.45, 7) is 9.00. The highest BCUT2D eigenvalue weighted by Crippen LogP contribution is 2.45. The summed E-state index contributed by atoms with van der Waals surface area (Å²) in [6.07, 6.45) is 0. The van der Waals surface area contributed by atoms with E-state index in [0.29, 0.717) is 0 Å². The summed E-state index contributed by atoms with van der Waals surface area (Å²) in [5, 5.41) is 10.5. The Kier molecular flexibility index (Phi) is 7.70. The van der Waals surface area contributed by atoms with Gasteiger partial charge in [0.05, 0.1) is 33.1 Å². The maximum Gasteiger partial charge on any atom is 0.0620 e. The molecular formula is C64H44N2. The van der Waals surface area contributed by atoms with Crippen LogP contribution in [0.25, 0.3) is 132 Å². The number of hydrogen-bond acceptors (Lipinski definition) is 0. The van der Waals surface area contributed by atoms with E-state index in [9.17, 15) is 0 Å². The van der Waals surface area contributed by atoms with Crippen molar-refractivity contribution in [1.29, 1.82) is 0 Å². The molecule has 2 heteroatoms. The zero-order chi connectivity index (χ0) is 43.9. The van der Waals surface area contributed by atoms with Gasteiger partial charge in [-0.2, -0.15) is 0 Å². The van der Waals surface area contributed by atoms with Crippen LogP contribution in [-0.4, -0.2) is 8.80 Å². The van der Waals surface area contributed by atoms with Gasteiger partial charge in [-0.25, -0.2) is 0 Å². The van der Waals surface area contributed by atoms with Gasteiger partial charge >= 0.3 is 0 Å². The second-order valence-corrected chi connectivity index (χ2v) is 18.7. The Hall–Kier alpha value is -8.20. The van der Waals surface area contributed by atoms with Gasteiger partial charge in [-0.1, -0.05) is 158 Å². The van der Waals surface area contributed by atoms with Crippen molar-refractivity contribution in [2.24, 2.45) is 0 Å². The third-order valence-electron chi connectivity index (χ3n) is 14.9. The van der Waals surface area contributed by atoms with Gasteiger partial charge in [0.25, 0.3) is 0 Å². The van der Waals surface area contributed by atoms with Crippen LogP contribution < -0.4 is 0 Å². The first-order chi connectivity index (χ1) is 32.4. The molecule has 0 aliphatic rings. The number of fused-ring (bicyclic) bond motifs is 12. The zero-order valence-electron chi connectivity index (χ0n) is 37.4. The summed E-state index contributed by atoms with van der Waals surface area (Å²) in [6, 6.07) is 72.8. The molecule has 0 spiro atoms. The Morgan fingerprint density at radius 2 is 0.727 bits per heavy atom. The fourth-order valence-corrected chi connectivity index (χ4v) is 12.0. The summed E-state index contributed by atoms with van der Waals surface area (Å²) in [7, 11) is 0. The maximum atomic E-state index is 2.50. The van der Waals surface area contributed by atoms with Crippen LogP contribution in [0.3, 0.4) is 0 Å². The van der Waals surface area contributed by atoms with Gasteiger partial charge in [0.1, 0.15) is 0 Å². The van der Waals surface area contributed by atoms with Crippen molar-refractivity contribution in [3.05, 3.63) is 216 Å². The van der Waals surface area contributed by atoms with Gasteiger partial charge in [-0.05, 0) is 142 Å². The van der Waals surface area contributed by atoms with Gasteiger partial charge in [-0.3, -0.25) is 0 Å². The quantitative estimate of drug-likeness (QED) is 0.163. The van der Waals surface area contributed by atoms with Crippen molar-refractivity contribution >= 4 is 76.2 Å². The van der Waals surface area contributed by atoms with E-state index in [0.717, 1.165) is 0 Å². The molecule has 66 heavy (non-hydrogen) atoms. The van der Waals surface area contributed by atoms with Gasteiger partial charge in [0, 0.05) is 43.1 Å². The molecule has 0 atom stereocenters. The predicted octanol–water partition coefficient (Wildman–Crippen LogP) is 17.6.